The Morgan fingerprint density at radius 3 is 2.20 bits per heavy atom. The number of nitrogen functional groups attached to an aromatic ring is 1. The lowest BCUT2D eigenvalue weighted by Crippen LogP contribution is -2.15. The van der Waals surface area contributed by atoms with Gasteiger partial charge in [-0.2, -0.15) is 0 Å². The summed E-state index contributed by atoms with van der Waals surface area (Å²) in [4.78, 5) is 11.4. The van der Waals surface area contributed by atoms with Crippen LogP contribution in [0.1, 0.15) is 16.6 Å². The molecule has 0 aliphatic rings. The number of ketones is 1. The summed E-state index contributed by atoms with van der Waals surface area (Å²) in [5, 5.41) is 2.91. The van der Waals surface area contributed by atoms with E-state index < -0.39 is 19.7 Å². The number of anilines is 2. The normalized spacial score (nSPS) is 12.3. The Hall–Kier alpha value is -1.13. The number of carbonyl (C=O) groups is 1. The first-order valence-corrected chi connectivity index (χ1v) is 10.2. The number of hydrogen-bond acceptors (Lipinski definition) is 8. The molecule has 0 atom stereocenters. The summed E-state index contributed by atoms with van der Waals surface area (Å²) in [5.41, 5.74) is 5.61. The second-order valence-electron chi connectivity index (χ2n) is 4.39. The van der Waals surface area contributed by atoms with Gasteiger partial charge in [0.15, 0.2) is 15.6 Å². The van der Waals surface area contributed by atoms with Crippen LogP contribution in [0.25, 0.3) is 0 Å². The average Bonchev–Trinajstić information content (AvgIpc) is 2.52. The van der Waals surface area contributed by atoms with Gasteiger partial charge in [-0.3, -0.25) is 4.79 Å². The lowest BCUT2D eigenvalue weighted by molar-refractivity contribution is 0.102. The monoisotopic (exact) mass is 340 g/mol. The van der Waals surface area contributed by atoms with Crippen molar-refractivity contribution in [3.05, 3.63) is 4.88 Å². The first-order valence-electron chi connectivity index (χ1n) is 5.48. The maximum Gasteiger partial charge on any atom is 0.180 e. The lowest BCUT2D eigenvalue weighted by Gasteiger charge is -2.05. The maximum absolute atomic E-state index is 11.7. The van der Waals surface area contributed by atoms with Gasteiger partial charge in [-0.1, -0.05) is 0 Å². The molecule has 7 nitrogen and oxygen atoms in total. The van der Waals surface area contributed by atoms with Crippen LogP contribution in [0.15, 0.2) is 4.90 Å². The molecule has 20 heavy (non-hydrogen) atoms. The van der Waals surface area contributed by atoms with Crippen molar-refractivity contribution in [2.24, 2.45) is 0 Å². The molecule has 0 aliphatic heterocycles. The highest BCUT2D eigenvalue weighted by molar-refractivity contribution is 7.91. The second kappa shape index (κ2) is 5.70. The molecule has 1 aromatic heterocycles. The van der Waals surface area contributed by atoms with Crippen molar-refractivity contribution in [3.8, 4) is 0 Å². The van der Waals surface area contributed by atoms with Gasteiger partial charge in [0.2, 0.25) is 0 Å². The molecule has 114 valence electrons. The Morgan fingerprint density at radius 1 is 1.25 bits per heavy atom. The predicted octanol–water partition coefficient (Wildman–Crippen LogP) is 0.393. The standard InChI is InChI=1S/C10H16N2O5S3/c1-6(13)8-7(11)9(20(3,16)17)10(18-8)12-4-5-19(2,14)15/h12H,4-5,11H2,1-3H3. The van der Waals surface area contributed by atoms with Crippen LogP contribution in [0, 0.1) is 0 Å². The van der Waals surface area contributed by atoms with Gasteiger partial charge in [0, 0.05) is 26.0 Å². The highest BCUT2D eigenvalue weighted by atomic mass is 32.2. The second-order valence-corrected chi connectivity index (χ2v) is 9.62. The fourth-order valence-electron chi connectivity index (χ4n) is 1.52. The van der Waals surface area contributed by atoms with E-state index in [1.165, 1.54) is 6.92 Å². The van der Waals surface area contributed by atoms with Crippen molar-refractivity contribution in [2.45, 2.75) is 11.8 Å². The molecular formula is C10H16N2O5S3. The maximum atomic E-state index is 11.7. The smallest absolute Gasteiger partial charge is 0.180 e. The number of hydrogen-bond donors (Lipinski definition) is 2. The summed E-state index contributed by atoms with van der Waals surface area (Å²) in [5.74, 6) is -0.489. The summed E-state index contributed by atoms with van der Waals surface area (Å²) >= 11 is 0.912. The first kappa shape index (κ1) is 16.9. The Morgan fingerprint density at radius 2 is 1.80 bits per heavy atom. The van der Waals surface area contributed by atoms with Gasteiger partial charge < -0.3 is 11.1 Å². The van der Waals surface area contributed by atoms with E-state index in [2.05, 4.69) is 5.32 Å². The molecule has 0 radical (unpaired) electrons. The molecule has 1 rings (SSSR count). The Balaban J connectivity index is 3.19. The number of nitrogens with one attached hydrogen (secondary N) is 1. The molecule has 0 aromatic carbocycles. The van der Waals surface area contributed by atoms with E-state index in [1.54, 1.807) is 0 Å². The zero-order chi connectivity index (χ0) is 15.7. The number of nitrogens with two attached hydrogens (primary N) is 1. The van der Waals surface area contributed by atoms with Crippen LogP contribution in [0.5, 0.6) is 0 Å². The quantitative estimate of drug-likeness (QED) is 0.718. The van der Waals surface area contributed by atoms with E-state index in [4.69, 9.17) is 5.73 Å². The van der Waals surface area contributed by atoms with E-state index >= 15 is 0 Å². The third kappa shape index (κ3) is 4.18. The van der Waals surface area contributed by atoms with Crippen molar-refractivity contribution in [2.75, 3.05) is 35.9 Å². The molecule has 0 fully saturated rings. The van der Waals surface area contributed by atoms with Gasteiger partial charge in [-0.15, -0.1) is 11.3 Å². The van der Waals surface area contributed by atoms with Crippen LogP contribution >= 0.6 is 11.3 Å². The van der Waals surface area contributed by atoms with Crippen LogP contribution in [-0.2, 0) is 19.7 Å². The summed E-state index contributed by atoms with van der Waals surface area (Å²) in [6, 6.07) is 0. The van der Waals surface area contributed by atoms with E-state index in [0.717, 1.165) is 23.8 Å². The minimum Gasteiger partial charge on any atom is -0.396 e. The minimum atomic E-state index is -3.62. The summed E-state index contributed by atoms with van der Waals surface area (Å²) in [7, 11) is -6.79. The third-order valence-electron chi connectivity index (χ3n) is 2.35. The Labute approximate surface area is 122 Å². The molecule has 0 saturated heterocycles. The highest BCUT2D eigenvalue weighted by Gasteiger charge is 2.25. The van der Waals surface area contributed by atoms with Crippen molar-refractivity contribution >= 4 is 47.5 Å². The summed E-state index contributed by atoms with van der Waals surface area (Å²) < 4.78 is 45.6. The van der Waals surface area contributed by atoms with Crippen LogP contribution in [0.2, 0.25) is 0 Å². The zero-order valence-electron chi connectivity index (χ0n) is 11.3. The van der Waals surface area contributed by atoms with Gasteiger partial charge in [0.1, 0.15) is 19.7 Å². The van der Waals surface area contributed by atoms with E-state index in [-0.39, 0.29) is 38.5 Å². The van der Waals surface area contributed by atoms with E-state index in [0.29, 0.717) is 0 Å². The first-order chi connectivity index (χ1) is 8.93. The van der Waals surface area contributed by atoms with Crippen molar-refractivity contribution < 1.29 is 21.6 Å². The molecule has 0 spiro atoms. The SMILES string of the molecule is CC(=O)c1sc(NCCS(C)(=O)=O)c(S(C)(=O)=O)c1N. The number of carbonyl (C=O) groups excluding carboxylic acids is 1. The molecular weight excluding hydrogens is 324 g/mol. The van der Waals surface area contributed by atoms with Gasteiger partial charge in [0.05, 0.1) is 16.3 Å². The summed E-state index contributed by atoms with van der Waals surface area (Å²) in [6.45, 7) is 1.33. The van der Waals surface area contributed by atoms with Crippen LogP contribution in [-0.4, -0.2) is 47.4 Å². The molecule has 0 aliphatic carbocycles. The molecule has 3 N–H and O–H groups in total. The van der Waals surface area contributed by atoms with Crippen molar-refractivity contribution in [1.82, 2.24) is 0 Å². The Bertz CT molecular complexity index is 731. The van der Waals surface area contributed by atoms with E-state index in [9.17, 15) is 21.6 Å². The van der Waals surface area contributed by atoms with Crippen LogP contribution in [0.4, 0.5) is 10.7 Å². The molecule has 0 saturated carbocycles. The summed E-state index contributed by atoms with van der Waals surface area (Å²) in [6.07, 6.45) is 2.06. The van der Waals surface area contributed by atoms with Crippen LogP contribution < -0.4 is 11.1 Å². The lowest BCUT2D eigenvalue weighted by atomic mass is 10.3. The number of Topliss-reactive ketones (excluding diaryl/α,β-unsaturated/α-hetero) is 1. The largest absolute Gasteiger partial charge is 0.396 e. The number of thiophene rings is 1. The Kier molecular flexibility index (Phi) is 4.82. The minimum absolute atomic E-state index is 0.0403. The molecule has 10 heteroatoms. The molecule has 0 unspecified atom stereocenters. The molecule has 1 heterocycles. The molecule has 0 bridgehead atoms. The van der Waals surface area contributed by atoms with Gasteiger partial charge in [-0.05, 0) is 0 Å². The van der Waals surface area contributed by atoms with E-state index in [1.807, 2.05) is 0 Å². The predicted molar refractivity (Wildman–Crippen MR) is 80.0 cm³/mol. The van der Waals surface area contributed by atoms with Gasteiger partial charge in [-0.25, -0.2) is 16.8 Å². The number of rotatable bonds is 6. The number of sulfone groups is 2. The fraction of sp³-hybridized carbons (Fsp3) is 0.500. The van der Waals surface area contributed by atoms with Crippen molar-refractivity contribution in [1.29, 1.82) is 0 Å². The fourth-order valence-corrected chi connectivity index (χ4v) is 4.49. The third-order valence-corrected chi connectivity index (χ3v) is 5.85. The van der Waals surface area contributed by atoms with Crippen LogP contribution in [0.3, 0.4) is 0 Å². The topological polar surface area (TPSA) is 123 Å². The van der Waals surface area contributed by atoms with Gasteiger partial charge >= 0.3 is 0 Å². The average molecular weight is 340 g/mol. The highest BCUT2D eigenvalue weighted by Crippen LogP contribution is 2.39. The zero-order valence-corrected chi connectivity index (χ0v) is 13.7. The molecule has 0 amide bonds. The van der Waals surface area contributed by atoms with Gasteiger partial charge in [0.25, 0.3) is 0 Å². The van der Waals surface area contributed by atoms with Crippen molar-refractivity contribution in [3.63, 3.8) is 0 Å². The molecule has 1 aromatic rings.